The molecule has 0 spiro atoms. The highest BCUT2D eigenvalue weighted by molar-refractivity contribution is 7.09. The fourth-order valence-electron chi connectivity index (χ4n) is 1.10. The zero-order valence-electron chi connectivity index (χ0n) is 7.17. The highest BCUT2D eigenvalue weighted by atomic mass is 32.1. The number of aliphatic hydroxyl groups is 1. The minimum Gasteiger partial charge on any atom is -0.481 e. The second kappa shape index (κ2) is 4.34. The number of nitrogens with zero attached hydrogens (tertiary/aromatic N) is 1. The van der Waals surface area contributed by atoms with E-state index in [9.17, 15) is 9.90 Å². The van der Waals surface area contributed by atoms with E-state index in [-0.39, 0.29) is 0 Å². The van der Waals surface area contributed by atoms with Crippen molar-refractivity contribution in [2.45, 2.75) is 19.4 Å². The van der Waals surface area contributed by atoms with Crippen molar-refractivity contribution in [2.75, 3.05) is 0 Å². The third-order valence-electron chi connectivity index (χ3n) is 1.88. The number of carboxylic acid groups (broad SMARTS) is 1. The molecule has 1 heterocycles. The quantitative estimate of drug-likeness (QED) is 0.770. The Morgan fingerprint density at radius 1 is 1.77 bits per heavy atom. The van der Waals surface area contributed by atoms with Crippen molar-refractivity contribution in [3.63, 3.8) is 0 Å². The molecule has 0 amide bonds. The first kappa shape index (κ1) is 10.1. The van der Waals surface area contributed by atoms with Gasteiger partial charge in [-0.15, -0.1) is 11.3 Å². The van der Waals surface area contributed by atoms with Crippen LogP contribution in [0.2, 0.25) is 0 Å². The maximum absolute atomic E-state index is 10.7. The van der Waals surface area contributed by atoms with E-state index in [1.165, 1.54) is 17.5 Å². The highest BCUT2D eigenvalue weighted by Gasteiger charge is 2.26. The molecule has 0 aliphatic carbocycles. The Hall–Kier alpha value is -0.940. The molecule has 0 aliphatic heterocycles. The first-order chi connectivity index (χ1) is 6.16. The molecule has 4 nitrogen and oxygen atoms in total. The Morgan fingerprint density at radius 3 is 2.85 bits per heavy atom. The Balaban J connectivity index is 2.76. The number of thiazole rings is 1. The largest absolute Gasteiger partial charge is 0.481 e. The number of rotatable bonds is 4. The van der Waals surface area contributed by atoms with Crippen LogP contribution in [0.1, 0.15) is 24.3 Å². The molecule has 1 rings (SSSR count). The van der Waals surface area contributed by atoms with Crippen molar-refractivity contribution < 1.29 is 15.0 Å². The smallest absolute Gasteiger partial charge is 0.309 e. The van der Waals surface area contributed by atoms with E-state index in [1.807, 2.05) is 0 Å². The van der Waals surface area contributed by atoms with E-state index in [1.54, 1.807) is 12.4 Å². The van der Waals surface area contributed by atoms with E-state index < -0.39 is 18.0 Å². The average Bonchev–Trinajstić information content (AvgIpc) is 2.56. The number of hydrogen-bond donors (Lipinski definition) is 2. The molecular formula is C8H11NO3S. The Morgan fingerprint density at radius 2 is 2.46 bits per heavy atom. The van der Waals surface area contributed by atoms with Crippen molar-refractivity contribution in [3.05, 3.63) is 16.6 Å². The predicted molar refractivity (Wildman–Crippen MR) is 48.5 cm³/mol. The summed E-state index contributed by atoms with van der Waals surface area (Å²) in [7, 11) is 0. The summed E-state index contributed by atoms with van der Waals surface area (Å²) in [6, 6.07) is 0. The zero-order valence-corrected chi connectivity index (χ0v) is 7.99. The summed E-state index contributed by atoms with van der Waals surface area (Å²) in [6.07, 6.45) is 0.977. The molecule has 0 aromatic carbocycles. The minimum absolute atomic E-state index is 0.411. The monoisotopic (exact) mass is 201 g/mol. The molecule has 0 bridgehead atoms. The third kappa shape index (κ3) is 2.26. The van der Waals surface area contributed by atoms with Crippen LogP contribution >= 0.6 is 11.3 Å². The van der Waals surface area contributed by atoms with E-state index in [0.717, 1.165) is 0 Å². The third-order valence-corrected chi connectivity index (χ3v) is 2.73. The van der Waals surface area contributed by atoms with Gasteiger partial charge >= 0.3 is 5.97 Å². The highest BCUT2D eigenvalue weighted by Crippen LogP contribution is 2.27. The van der Waals surface area contributed by atoms with E-state index in [2.05, 4.69) is 4.98 Å². The molecule has 2 atom stereocenters. The molecule has 2 unspecified atom stereocenters. The van der Waals surface area contributed by atoms with Gasteiger partial charge in [-0.25, -0.2) is 0 Å². The van der Waals surface area contributed by atoms with Gasteiger partial charge in [-0.05, 0) is 6.42 Å². The van der Waals surface area contributed by atoms with Gasteiger partial charge in [0.1, 0.15) is 6.10 Å². The molecule has 1 aromatic heterocycles. The molecular weight excluding hydrogens is 190 g/mol. The van der Waals surface area contributed by atoms with E-state index in [4.69, 9.17) is 5.11 Å². The summed E-state index contributed by atoms with van der Waals surface area (Å²) in [5.41, 5.74) is 1.58. The first-order valence-corrected chi connectivity index (χ1v) is 4.84. The number of aromatic nitrogens is 1. The zero-order chi connectivity index (χ0) is 9.84. The van der Waals surface area contributed by atoms with Gasteiger partial charge in [0, 0.05) is 6.20 Å². The van der Waals surface area contributed by atoms with Gasteiger partial charge in [-0.1, -0.05) is 6.92 Å². The summed E-state index contributed by atoms with van der Waals surface area (Å²) < 4.78 is 0. The minimum atomic E-state index is -0.969. The van der Waals surface area contributed by atoms with Crippen LogP contribution in [-0.4, -0.2) is 21.2 Å². The second-order valence-corrected chi connectivity index (χ2v) is 3.62. The Kier molecular flexibility index (Phi) is 3.39. The molecule has 5 heteroatoms. The average molecular weight is 201 g/mol. The van der Waals surface area contributed by atoms with Gasteiger partial charge in [-0.2, -0.15) is 0 Å². The lowest BCUT2D eigenvalue weighted by molar-refractivity contribution is -0.145. The number of aliphatic hydroxyl groups excluding tert-OH is 1. The fraction of sp³-hybridized carbons (Fsp3) is 0.500. The first-order valence-electron chi connectivity index (χ1n) is 3.96. The molecule has 1 aromatic rings. The van der Waals surface area contributed by atoms with Crippen molar-refractivity contribution in [1.29, 1.82) is 0 Å². The summed E-state index contributed by atoms with van der Waals surface area (Å²) in [4.78, 5) is 15.1. The molecule has 2 N–H and O–H groups in total. The summed E-state index contributed by atoms with van der Waals surface area (Å²) >= 11 is 1.27. The van der Waals surface area contributed by atoms with Crippen LogP contribution in [-0.2, 0) is 4.79 Å². The van der Waals surface area contributed by atoms with Gasteiger partial charge in [-0.3, -0.25) is 9.78 Å². The molecule has 0 saturated heterocycles. The molecule has 0 fully saturated rings. The normalized spacial score (nSPS) is 15.2. The molecule has 0 saturated carbocycles. The number of carbonyl (C=O) groups is 1. The van der Waals surface area contributed by atoms with Gasteiger partial charge < -0.3 is 10.2 Å². The van der Waals surface area contributed by atoms with Gasteiger partial charge in [0.2, 0.25) is 0 Å². The molecule has 0 aliphatic rings. The SMILES string of the molecule is CCC(C(=O)O)C(O)c1cncs1. The lowest BCUT2D eigenvalue weighted by Gasteiger charge is -2.15. The second-order valence-electron chi connectivity index (χ2n) is 2.70. The Labute approximate surface area is 79.9 Å². The summed E-state index contributed by atoms with van der Waals surface area (Å²) in [6.45, 7) is 1.74. The molecule has 72 valence electrons. The van der Waals surface area contributed by atoms with Crippen LogP contribution < -0.4 is 0 Å². The van der Waals surface area contributed by atoms with Gasteiger partial charge in [0.05, 0.1) is 16.3 Å². The summed E-state index contributed by atoms with van der Waals surface area (Å²) in [5.74, 6) is -1.70. The summed E-state index contributed by atoms with van der Waals surface area (Å²) in [5, 5.41) is 18.4. The predicted octanol–water partition coefficient (Wildman–Crippen LogP) is 1.29. The van der Waals surface area contributed by atoms with Crippen LogP contribution in [0.5, 0.6) is 0 Å². The van der Waals surface area contributed by atoms with Crippen molar-refractivity contribution >= 4 is 17.3 Å². The van der Waals surface area contributed by atoms with E-state index >= 15 is 0 Å². The topological polar surface area (TPSA) is 70.4 Å². The Bertz CT molecular complexity index is 273. The van der Waals surface area contributed by atoms with Crippen molar-refractivity contribution in [2.24, 2.45) is 5.92 Å². The van der Waals surface area contributed by atoms with Crippen LogP contribution in [0.15, 0.2) is 11.7 Å². The van der Waals surface area contributed by atoms with Gasteiger partial charge in [0.15, 0.2) is 0 Å². The van der Waals surface area contributed by atoms with E-state index in [0.29, 0.717) is 11.3 Å². The number of hydrogen-bond acceptors (Lipinski definition) is 4. The van der Waals surface area contributed by atoms with Crippen molar-refractivity contribution in [1.82, 2.24) is 4.98 Å². The van der Waals surface area contributed by atoms with Crippen LogP contribution in [0, 0.1) is 5.92 Å². The van der Waals surface area contributed by atoms with Crippen LogP contribution in [0.4, 0.5) is 0 Å². The standard InChI is InChI=1S/C8H11NO3S/c1-2-5(8(11)12)7(10)6-3-9-4-13-6/h3-5,7,10H,2H2,1H3,(H,11,12). The number of carboxylic acids is 1. The lowest BCUT2D eigenvalue weighted by Crippen LogP contribution is -2.20. The van der Waals surface area contributed by atoms with Crippen molar-refractivity contribution in [3.8, 4) is 0 Å². The number of aliphatic carboxylic acids is 1. The van der Waals surface area contributed by atoms with Crippen LogP contribution in [0.25, 0.3) is 0 Å². The molecule has 13 heavy (non-hydrogen) atoms. The fourth-order valence-corrected chi connectivity index (χ4v) is 1.77. The maximum atomic E-state index is 10.7. The van der Waals surface area contributed by atoms with Gasteiger partial charge in [0.25, 0.3) is 0 Å². The maximum Gasteiger partial charge on any atom is 0.309 e. The molecule has 0 radical (unpaired) electrons. The van der Waals surface area contributed by atoms with Crippen LogP contribution in [0.3, 0.4) is 0 Å². The lowest BCUT2D eigenvalue weighted by atomic mass is 9.99.